The highest BCUT2D eigenvalue weighted by Crippen LogP contribution is 2.32. The SMILES string of the molecule is COc1ccc(-c2ccc3c(N4CCOC[C@@H]4C)nc(N4CCOC[C@@H]4C)nc3n2)cc1CO.OOOOPOOPOO. The molecule has 4 atom stereocenters. The van der Waals surface area contributed by atoms with Gasteiger partial charge in [0.15, 0.2) is 5.65 Å². The summed E-state index contributed by atoms with van der Waals surface area (Å²) in [7, 11) is 0.262. The van der Waals surface area contributed by atoms with E-state index in [9.17, 15) is 5.11 Å². The van der Waals surface area contributed by atoms with E-state index in [0.29, 0.717) is 43.8 Å². The molecule has 0 aliphatic carbocycles. The monoisotopic (exact) mass is 659 g/mol. The Balaban J connectivity index is 0.000000382. The lowest BCUT2D eigenvalue weighted by Gasteiger charge is -2.37. The number of ether oxygens (including phenoxy) is 3. The number of pyridine rings is 1. The molecule has 2 aliphatic heterocycles. The van der Waals surface area contributed by atoms with Crippen LogP contribution in [0, 0.1) is 0 Å². The number of rotatable bonds is 12. The zero-order valence-corrected chi connectivity index (χ0v) is 26.2. The number of fused-ring (bicyclic) bond motifs is 1. The molecule has 44 heavy (non-hydrogen) atoms. The second-order valence-electron chi connectivity index (χ2n) is 9.48. The van der Waals surface area contributed by atoms with Gasteiger partial charge in [-0.3, -0.25) is 0 Å². The first-order valence-electron chi connectivity index (χ1n) is 13.4. The molecule has 4 heterocycles. The maximum absolute atomic E-state index is 9.75. The molecule has 2 aliphatic rings. The zero-order valence-electron chi connectivity index (χ0n) is 24.2. The summed E-state index contributed by atoms with van der Waals surface area (Å²) >= 11 is 0. The summed E-state index contributed by atoms with van der Waals surface area (Å²) in [6.45, 7) is 8.31. The molecular formula is C25H35N5O12P2. The maximum Gasteiger partial charge on any atom is 0.235 e. The standard InChI is InChI=1S/C25H31N5O4.H4O8P2/c1-16-14-33-10-8-29(16)24-20-5-6-21(18-4-7-22(32-3)19(12-18)13-31)26-23(20)27-25(28-24)30-9-11-34-15-17(30)2;1-3-5-6-10-8-7-9-4-2/h4-7,12,16-17,31H,8-11,13-15H2,1-3H3;1-2,9-10H/t16-,17-;/m0./s1. The lowest BCUT2D eigenvalue weighted by molar-refractivity contribution is -0.594. The van der Waals surface area contributed by atoms with Crippen molar-refractivity contribution in [2.45, 2.75) is 32.5 Å². The van der Waals surface area contributed by atoms with E-state index in [1.807, 2.05) is 30.3 Å². The van der Waals surface area contributed by atoms with E-state index < -0.39 is 18.1 Å². The van der Waals surface area contributed by atoms with Gasteiger partial charge in [-0.15, -0.1) is 0 Å². The van der Waals surface area contributed by atoms with Gasteiger partial charge in [-0.25, -0.2) is 15.5 Å². The van der Waals surface area contributed by atoms with Crippen LogP contribution in [0.15, 0.2) is 30.3 Å². The summed E-state index contributed by atoms with van der Waals surface area (Å²) in [5, 5.41) is 32.3. The Morgan fingerprint density at radius 2 is 1.64 bits per heavy atom. The lowest BCUT2D eigenvalue weighted by Crippen LogP contribution is -2.46. The average Bonchev–Trinajstić information content (AvgIpc) is 3.06. The lowest BCUT2D eigenvalue weighted by atomic mass is 10.1. The van der Waals surface area contributed by atoms with Gasteiger partial charge < -0.3 is 29.1 Å². The van der Waals surface area contributed by atoms with E-state index in [0.717, 1.165) is 41.1 Å². The van der Waals surface area contributed by atoms with Crippen LogP contribution in [0.1, 0.15) is 19.4 Å². The minimum Gasteiger partial charge on any atom is -0.496 e. The summed E-state index contributed by atoms with van der Waals surface area (Å²) in [6, 6.07) is 10.1. The van der Waals surface area contributed by atoms with E-state index in [2.05, 4.69) is 52.4 Å². The fourth-order valence-corrected chi connectivity index (χ4v) is 5.10. The number of benzene rings is 1. The summed E-state index contributed by atoms with van der Waals surface area (Å²) in [5.41, 5.74) is 3.05. The van der Waals surface area contributed by atoms with Crippen molar-refractivity contribution in [3.8, 4) is 17.0 Å². The second kappa shape index (κ2) is 17.9. The van der Waals surface area contributed by atoms with Crippen LogP contribution < -0.4 is 14.5 Å². The molecule has 0 bridgehead atoms. The smallest absolute Gasteiger partial charge is 0.235 e. The molecule has 3 aromatic rings. The molecule has 0 saturated carbocycles. The summed E-state index contributed by atoms with van der Waals surface area (Å²) in [4.78, 5) is 19.4. The van der Waals surface area contributed by atoms with Gasteiger partial charge in [0.25, 0.3) is 0 Å². The van der Waals surface area contributed by atoms with Crippen molar-refractivity contribution in [1.82, 2.24) is 15.0 Å². The normalized spacial score (nSPS) is 19.2. The molecule has 17 nitrogen and oxygen atoms in total. The van der Waals surface area contributed by atoms with Gasteiger partial charge >= 0.3 is 0 Å². The van der Waals surface area contributed by atoms with Crippen LogP contribution in [0.3, 0.4) is 0 Å². The Bertz CT molecular complexity index is 1320. The summed E-state index contributed by atoms with van der Waals surface area (Å²) in [6.07, 6.45) is 0. The van der Waals surface area contributed by atoms with E-state index >= 15 is 0 Å². The molecule has 0 spiro atoms. The summed E-state index contributed by atoms with van der Waals surface area (Å²) in [5.74, 6) is 2.22. The van der Waals surface area contributed by atoms with Gasteiger partial charge in [0.2, 0.25) is 24.0 Å². The van der Waals surface area contributed by atoms with Crippen LogP contribution in [0.5, 0.6) is 5.75 Å². The van der Waals surface area contributed by atoms with Crippen molar-refractivity contribution in [3.05, 3.63) is 35.9 Å². The van der Waals surface area contributed by atoms with Crippen LogP contribution >= 0.6 is 18.1 Å². The van der Waals surface area contributed by atoms with Crippen molar-refractivity contribution >= 4 is 40.9 Å². The van der Waals surface area contributed by atoms with Crippen LogP contribution in [0.4, 0.5) is 11.8 Å². The number of aliphatic hydroxyl groups excluding tert-OH is 1. The van der Waals surface area contributed by atoms with Gasteiger partial charge in [-0.05, 0) is 54.3 Å². The number of nitrogens with zero attached hydrogens (tertiary/aromatic N) is 5. The van der Waals surface area contributed by atoms with Crippen LogP contribution in [-0.2, 0) is 44.9 Å². The van der Waals surface area contributed by atoms with Crippen LogP contribution in [-0.4, -0.2) is 89.3 Å². The first-order chi connectivity index (χ1) is 21.5. The van der Waals surface area contributed by atoms with Crippen molar-refractivity contribution in [2.24, 2.45) is 0 Å². The highest BCUT2D eigenvalue weighted by molar-refractivity contribution is 7.28. The molecule has 5 rings (SSSR count). The third-order valence-electron chi connectivity index (χ3n) is 6.78. The second-order valence-corrected chi connectivity index (χ2v) is 10.5. The van der Waals surface area contributed by atoms with Crippen molar-refractivity contribution < 1.29 is 58.6 Å². The number of methoxy groups -OCH3 is 1. The minimum absolute atomic E-state index is 0.106. The first-order valence-corrected chi connectivity index (χ1v) is 15.1. The number of hydrogen-bond acceptors (Lipinski definition) is 17. The van der Waals surface area contributed by atoms with E-state index in [1.165, 1.54) is 0 Å². The Morgan fingerprint density at radius 1 is 0.909 bits per heavy atom. The predicted molar refractivity (Wildman–Crippen MR) is 159 cm³/mol. The summed E-state index contributed by atoms with van der Waals surface area (Å²) < 4.78 is 32.2. The predicted octanol–water partition coefficient (Wildman–Crippen LogP) is 3.44. The van der Waals surface area contributed by atoms with E-state index in [-0.39, 0.29) is 18.7 Å². The molecule has 0 amide bonds. The average molecular weight is 660 g/mol. The number of morpholine rings is 2. The molecule has 2 aromatic heterocycles. The van der Waals surface area contributed by atoms with E-state index in [1.54, 1.807) is 7.11 Å². The van der Waals surface area contributed by atoms with Crippen LogP contribution in [0.25, 0.3) is 22.3 Å². The molecule has 19 heteroatoms. The van der Waals surface area contributed by atoms with Crippen molar-refractivity contribution in [1.29, 1.82) is 0 Å². The Kier molecular flexibility index (Phi) is 14.0. The van der Waals surface area contributed by atoms with Gasteiger partial charge in [0.05, 0.1) is 63.3 Å². The molecule has 2 fully saturated rings. The third-order valence-corrected chi connectivity index (χ3v) is 7.46. The number of hydrogen-bond donors (Lipinski definition) is 3. The van der Waals surface area contributed by atoms with E-state index in [4.69, 9.17) is 39.7 Å². The van der Waals surface area contributed by atoms with Gasteiger partial charge in [0.1, 0.15) is 11.6 Å². The molecule has 2 unspecified atom stereocenters. The molecule has 0 radical (unpaired) electrons. The molecule has 3 N–H and O–H groups in total. The highest BCUT2D eigenvalue weighted by atomic mass is 31.1. The highest BCUT2D eigenvalue weighted by Gasteiger charge is 2.27. The van der Waals surface area contributed by atoms with Gasteiger partial charge in [-0.2, -0.15) is 28.7 Å². The van der Waals surface area contributed by atoms with Crippen molar-refractivity contribution in [3.63, 3.8) is 0 Å². The largest absolute Gasteiger partial charge is 0.496 e. The first kappa shape index (κ1) is 34.4. The Morgan fingerprint density at radius 3 is 2.30 bits per heavy atom. The fourth-order valence-electron chi connectivity index (χ4n) is 4.71. The van der Waals surface area contributed by atoms with Gasteiger partial charge in [-0.1, -0.05) is 0 Å². The Hall–Kier alpha value is -2.47. The topological polar surface area (TPSA) is 189 Å². The number of aliphatic hydroxyl groups is 1. The maximum atomic E-state index is 9.75. The van der Waals surface area contributed by atoms with Crippen molar-refractivity contribution in [2.75, 3.05) is 56.4 Å². The molecule has 1 aromatic carbocycles. The fraction of sp³-hybridized carbons (Fsp3) is 0.480. The minimum atomic E-state index is -0.672. The van der Waals surface area contributed by atoms with Gasteiger partial charge in [0, 0.05) is 24.2 Å². The quantitative estimate of drug-likeness (QED) is 0.111. The number of anilines is 2. The number of aromatic nitrogens is 3. The molecule has 2 saturated heterocycles. The molecular weight excluding hydrogens is 624 g/mol. The molecule has 242 valence electrons. The van der Waals surface area contributed by atoms with Crippen LogP contribution in [0.2, 0.25) is 0 Å². The zero-order chi connectivity index (χ0) is 31.3. The Labute approximate surface area is 256 Å². The third kappa shape index (κ3) is 9.05.